The molecule has 1 aromatic heterocycles. The van der Waals surface area contributed by atoms with Crippen LogP contribution in [0.3, 0.4) is 0 Å². The van der Waals surface area contributed by atoms with Crippen LogP contribution in [0.1, 0.15) is 12.5 Å². The minimum Gasteiger partial charge on any atom is -0.495 e. The van der Waals surface area contributed by atoms with Gasteiger partial charge in [0.25, 0.3) is 5.56 Å². The first-order valence-corrected chi connectivity index (χ1v) is 11.5. The second-order valence-electron chi connectivity index (χ2n) is 7.27. The minimum atomic E-state index is -0.642. The van der Waals surface area contributed by atoms with Gasteiger partial charge in [0.05, 0.1) is 40.2 Å². The molecule has 0 saturated carbocycles. The average molecular weight is 491 g/mol. The van der Waals surface area contributed by atoms with Gasteiger partial charge in [0.2, 0.25) is 5.91 Å². The maximum absolute atomic E-state index is 13.5. The van der Waals surface area contributed by atoms with Crippen molar-refractivity contribution in [3.05, 3.63) is 87.7 Å². The predicted molar refractivity (Wildman–Crippen MR) is 134 cm³/mol. The molecule has 0 spiro atoms. The fourth-order valence-electron chi connectivity index (χ4n) is 3.38. The number of nitrogens with zero attached hydrogens (tertiary/aromatic N) is 3. The second kappa shape index (κ2) is 10.00. The van der Waals surface area contributed by atoms with Crippen LogP contribution < -0.4 is 15.6 Å². The van der Waals surface area contributed by atoms with Crippen LogP contribution in [0.25, 0.3) is 16.6 Å². The number of carbonyl (C=O) groups excluding carboxylic acids is 1. The first kappa shape index (κ1) is 23.4. The van der Waals surface area contributed by atoms with E-state index in [-0.39, 0.29) is 11.5 Å². The van der Waals surface area contributed by atoms with Crippen LogP contribution in [0.5, 0.6) is 5.75 Å². The first-order chi connectivity index (χ1) is 16.4. The Hall–Kier alpha value is -3.80. The lowest BCUT2D eigenvalue weighted by Crippen LogP contribution is -2.26. The monoisotopic (exact) mass is 490 g/mol. The molecule has 0 fully saturated rings. The molecule has 1 unspecified atom stereocenters. The first-order valence-electron chi connectivity index (χ1n) is 10.2. The average Bonchev–Trinajstić information content (AvgIpc) is 2.84. The van der Waals surface area contributed by atoms with E-state index in [9.17, 15) is 14.9 Å². The van der Waals surface area contributed by atoms with Crippen LogP contribution in [-0.4, -0.2) is 27.8 Å². The van der Waals surface area contributed by atoms with Gasteiger partial charge in [-0.05, 0) is 49.4 Å². The molecule has 3 aromatic carbocycles. The van der Waals surface area contributed by atoms with Crippen LogP contribution in [0.15, 0.2) is 76.7 Å². The van der Waals surface area contributed by atoms with E-state index >= 15 is 0 Å². The molecule has 1 heterocycles. The summed E-state index contributed by atoms with van der Waals surface area (Å²) >= 11 is 7.25. The van der Waals surface area contributed by atoms with E-state index in [0.717, 1.165) is 11.8 Å². The summed E-state index contributed by atoms with van der Waals surface area (Å²) in [5.41, 5.74) is 1.40. The van der Waals surface area contributed by atoms with Gasteiger partial charge >= 0.3 is 0 Å². The molecule has 1 N–H and O–H groups in total. The number of rotatable bonds is 6. The molecule has 0 saturated heterocycles. The van der Waals surface area contributed by atoms with Gasteiger partial charge in [0.15, 0.2) is 5.16 Å². The Kier molecular flexibility index (Phi) is 6.87. The number of halogens is 1. The van der Waals surface area contributed by atoms with Crippen molar-refractivity contribution in [3.8, 4) is 17.5 Å². The number of benzene rings is 3. The number of fused-ring (bicyclic) bond motifs is 1. The Labute approximate surface area is 205 Å². The molecule has 0 aliphatic rings. The molecule has 1 amide bonds. The van der Waals surface area contributed by atoms with Crippen molar-refractivity contribution in [2.24, 2.45) is 0 Å². The normalized spacial score (nSPS) is 11.6. The summed E-state index contributed by atoms with van der Waals surface area (Å²) in [6.07, 6.45) is 0. The van der Waals surface area contributed by atoms with Crippen molar-refractivity contribution < 1.29 is 9.53 Å². The Morgan fingerprint density at radius 2 is 1.91 bits per heavy atom. The highest BCUT2D eigenvalue weighted by atomic mass is 35.5. The van der Waals surface area contributed by atoms with E-state index in [1.807, 2.05) is 0 Å². The van der Waals surface area contributed by atoms with Crippen molar-refractivity contribution in [1.29, 1.82) is 5.26 Å². The van der Waals surface area contributed by atoms with Crippen LogP contribution >= 0.6 is 23.4 Å². The van der Waals surface area contributed by atoms with E-state index in [0.29, 0.717) is 43.8 Å². The quantitative estimate of drug-likeness (QED) is 0.300. The topological polar surface area (TPSA) is 97.0 Å². The maximum Gasteiger partial charge on any atom is 0.266 e. The number of nitriles is 1. The van der Waals surface area contributed by atoms with Gasteiger partial charge < -0.3 is 10.1 Å². The lowest BCUT2D eigenvalue weighted by molar-refractivity contribution is -0.115. The van der Waals surface area contributed by atoms with Gasteiger partial charge in [-0.1, -0.05) is 47.6 Å². The summed E-state index contributed by atoms with van der Waals surface area (Å²) in [6, 6.07) is 20.8. The number of nitrogens with one attached hydrogen (secondary N) is 1. The summed E-state index contributed by atoms with van der Waals surface area (Å²) in [7, 11) is 1.52. The third-order valence-electron chi connectivity index (χ3n) is 5.08. The van der Waals surface area contributed by atoms with E-state index in [1.54, 1.807) is 73.7 Å². The number of thioether (sulfide) groups is 1. The summed E-state index contributed by atoms with van der Waals surface area (Å²) in [4.78, 5) is 31.2. The Bertz CT molecular complexity index is 1500. The Morgan fingerprint density at radius 1 is 1.18 bits per heavy atom. The third kappa shape index (κ3) is 4.62. The molecule has 7 nitrogen and oxygen atoms in total. The van der Waals surface area contributed by atoms with Crippen LogP contribution in [0.4, 0.5) is 5.69 Å². The second-order valence-corrected chi connectivity index (χ2v) is 9.02. The molecule has 0 bridgehead atoms. The zero-order valence-corrected chi connectivity index (χ0v) is 19.9. The SMILES string of the molecule is COc1ccccc1-n1c(SC(C)C(=O)Nc2ccccc2C#N)nc2cc(Cl)ccc2c1=O. The van der Waals surface area contributed by atoms with Crippen LogP contribution in [0.2, 0.25) is 5.02 Å². The number of para-hydroxylation sites is 3. The number of aromatic nitrogens is 2. The number of hydrogen-bond acceptors (Lipinski definition) is 6. The molecular formula is C25H19ClN4O3S. The van der Waals surface area contributed by atoms with Crippen LogP contribution in [-0.2, 0) is 4.79 Å². The number of ether oxygens (including phenoxy) is 1. The molecule has 0 radical (unpaired) electrons. The number of carbonyl (C=O) groups is 1. The zero-order chi connectivity index (χ0) is 24.2. The Morgan fingerprint density at radius 3 is 2.68 bits per heavy atom. The molecule has 170 valence electrons. The van der Waals surface area contributed by atoms with Gasteiger partial charge in [-0.3, -0.25) is 14.2 Å². The Balaban J connectivity index is 1.78. The largest absolute Gasteiger partial charge is 0.495 e. The molecule has 34 heavy (non-hydrogen) atoms. The van der Waals surface area contributed by atoms with Crippen molar-refractivity contribution in [2.75, 3.05) is 12.4 Å². The maximum atomic E-state index is 13.5. The van der Waals surface area contributed by atoms with Crippen molar-refractivity contribution in [1.82, 2.24) is 9.55 Å². The third-order valence-corrected chi connectivity index (χ3v) is 6.37. The van der Waals surface area contributed by atoms with Gasteiger partial charge in [-0.15, -0.1) is 0 Å². The number of hydrogen-bond donors (Lipinski definition) is 1. The summed E-state index contributed by atoms with van der Waals surface area (Å²) in [5.74, 6) is 0.154. The van der Waals surface area contributed by atoms with Gasteiger partial charge in [-0.2, -0.15) is 5.26 Å². The fourth-order valence-corrected chi connectivity index (χ4v) is 4.47. The lowest BCUT2D eigenvalue weighted by atomic mass is 10.2. The highest BCUT2D eigenvalue weighted by Crippen LogP contribution is 2.30. The van der Waals surface area contributed by atoms with Crippen molar-refractivity contribution in [3.63, 3.8) is 0 Å². The molecule has 4 aromatic rings. The highest BCUT2D eigenvalue weighted by Gasteiger charge is 2.22. The summed E-state index contributed by atoms with van der Waals surface area (Å²) < 4.78 is 6.91. The predicted octanol–water partition coefficient (Wildman–Crippen LogP) is 5.04. The number of anilines is 1. The van der Waals surface area contributed by atoms with E-state index in [1.165, 1.54) is 11.7 Å². The minimum absolute atomic E-state index is 0.306. The van der Waals surface area contributed by atoms with E-state index in [2.05, 4.69) is 16.4 Å². The fraction of sp³-hybridized carbons (Fsp3) is 0.120. The van der Waals surface area contributed by atoms with E-state index in [4.69, 9.17) is 16.3 Å². The van der Waals surface area contributed by atoms with Crippen molar-refractivity contribution in [2.45, 2.75) is 17.3 Å². The number of amides is 1. The lowest BCUT2D eigenvalue weighted by Gasteiger charge is -2.18. The molecular weight excluding hydrogens is 472 g/mol. The van der Waals surface area contributed by atoms with Crippen molar-refractivity contribution >= 4 is 45.9 Å². The van der Waals surface area contributed by atoms with Gasteiger partial charge in [-0.25, -0.2) is 4.98 Å². The van der Waals surface area contributed by atoms with Gasteiger partial charge in [0, 0.05) is 5.02 Å². The number of methoxy groups -OCH3 is 1. The highest BCUT2D eigenvalue weighted by molar-refractivity contribution is 8.00. The molecule has 1 atom stereocenters. The molecule has 0 aliphatic carbocycles. The molecule has 4 rings (SSSR count). The summed E-state index contributed by atoms with van der Waals surface area (Å²) in [6.45, 7) is 1.70. The smallest absolute Gasteiger partial charge is 0.266 e. The zero-order valence-electron chi connectivity index (χ0n) is 18.3. The molecule has 0 aliphatic heterocycles. The summed E-state index contributed by atoms with van der Waals surface area (Å²) in [5, 5.41) is 12.6. The standard InChI is InChI=1S/C25H19ClN4O3S/c1-15(23(31)28-19-8-4-3-7-16(19)14-27)34-25-29-20-13-17(26)11-12-18(20)24(32)30(25)21-9-5-6-10-22(21)33-2/h3-13,15H,1-2H3,(H,28,31). The van der Waals surface area contributed by atoms with E-state index < -0.39 is 5.25 Å². The van der Waals surface area contributed by atoms with Gasteiger partial charge in [0.1, 0.15) is 11.8 Å². The van der Waals surface area contributed by atoms with Crippen LogP contribution in [0, 0.1) is 11.3 Å². The molecule has 9 heteroatoms.